The highest BCUT2D eigenvalue weighted by atomic mass is 32.2. The molecule has 0 aliphatic heterocycles. The molecule has 3 N–H and O–H groups in total. The minimum atomic E-state index is 0.369. The fraction of sp³-hybridized carbons (Fsp3) is 0.0833. The Balaban J connectivity index is 1.91. The van der Waals surface area contributed by atoms with Gasteiger partial charge in [0.25, 0.3) is 5.89 Å². The summed E-state index contributed by atoms with van der Waals surface area (Å²) in [5, 5.41) is 10.5. The van der Waals surface area contributed by atoms with Gasteiger partial charge in [0.15, 0.2) is 0 Å². The van der Waals surface area contributed by atoms with Gasteiger partial charge in [0.1, 0.15) is 11.5 Å². The molecule has 0 unspecified atom stereocenters. The molecule has 0 radical (unpaired) electrons. The average molecular weight is 273 g/mol. The summed E-state index contributed by atoms with van der Waals surface area (Å²) in [7, 11) is 0. The molecule has 0 amide bonds. The maximum atomic E-state index is 5.53. The number of nitrogens with zero attached hydrogens (tertiary/aromatic N) is 3. The zero-order chi connectivity index (χ0) is 13.2. The van der Waals surface area contributed by atoms with Crippen molar-refractivity contribution in [2.45, 2.75) is 4.90 Å². The van der Waals surface area contributed by atoms with Crippen LogP contribution in [0.15, 0.2) is 39.8 Å². The first kappa shape index (κ1) is 11.8. The van der Waals surface area contributed by atoms with Gasteiger partial charge >= 0.3 is 0 Å². The number of hydrogen-bond donors (Lipinski definition) is 2. The number of nitrogen functional groups attached to an aromatic ring is 1. The van der Waals surface area contributed by atoms with E-state index in [-0.39, 0.29) is 0 Å². The van der Waals surface area contributed by atoms with Gasteiger partial charge in [0.2, 0.25) is 5.82 Å². The smallest absolute Gasteiger partial charge is 0.276 e. The maximum Gasteiger partial charge on any atom is 0.276 e. The van der Waals surface area contributed by atoms with Crippen molar-refractivity contribution in [2.75, 3.05) is 12.0 Å². The van der Waals surface area contributed by atoms with Crippen molar-refractivity contribution in [3.05, 3.63) is 30.3 Å². The molecule has 0 atom stereocenters. The summed E-state index contributed by atoms with van der Waals surface area (Å²) in [6.07, 6.45) is 2.03. The molecule has 2 heterocycles. The van der Waals surface area contributed by atoms with Gasteiger partial charge in [-0.05, 0) is 30.5 Å². The van der Waals surface area contributed by atoms with Gasteiger partial charge in [0.05, 0.1) is 0 Å². The fourth-order valence-electron chi connectivity index (χ4n) is 1.64. The number of H-pyrrole nitrogens is 1. The van der Waals surface area contributed by atoms with Crippen LogP contribution in [0.3, 0.4) is 0 Å². The molecular formula is C12H11N5OS. The van der Waals surface area contributed by atoms with Crippen LogP contribution >= 0.6 is 11.8 Å². The van der Waals surface area contributed by atoms with Crippen molar-refractivity contribution in [2.24, 2.45) is 0 Å². The molecule has 0 bridgehead atoms. The molecule has 19 heavy (non-hydrogen) atoms. The molecule has 0 saturated carbocycles. The molecule has 1 aromatic carbocycles. The number of benzene rings is 1. The first-order chi connectivity index (χ1) is 9.26. The van der Waals surface area contributed by atoms with E-state index in [1.54, 1.807) is 17.8 Å². The van der Waals surface area contributed by atoms with Gasteiger partial charge < -0.3 is 10.3 Å². The monoisotopic (exact) mass is 273 g/mol. The number of aromatic amines is 1. The summed E-state index contributed by atoms with van der Waals surface area (Å²) in [5.41, 5.74) is 7.04. The van der Waals surface area contributed by atoms with Crippen molar-refractivity contribution < 1.29 is 4.52 Å². The average Bonchev–Trinajstić information content (AvgIpc) is 3.07. The number of aromatic nitrogens is 4. The summed E-state index contributed by atoms with van der Waals surface area (Å²) in [5.74, 6) is 1.29. The Hall–Kier alpha value is -2.28. The van der Waals surface area contributed by atoms with E-state index < -0.39 is 0 Å². The van der Waals surface area contributed by atoms with E-state index in [4.69, 9.17) is 10.3 Å². The number of anilines is 1. The van der Waals surface area contributed by atoms with E-state index in [9.17, 15) is 0 Å². The van der Waals surface area contributed by atoms with Crippen molar-refractivity contribution in [1.29, 1.82) is 0 Å². The zero-order valence-electron chi connectivity index (χ0n) is 10.1. The third kappa shape index (κ3) is 2.32. The van der Waals surface area contributed by atoms with E-state index in [0.29, 0.717) is 23.2 Å². The second-order valence-electron chi connectivity index (χ2n) is 3.86. The van der Waals surface area contributed by atoms with Gasteiger partial charge in [-0.3, -0.25) is 5.10 Å². The molecule has 6 nitrogen and oxygen atoms in total. The topological polar surface area (TPSA) is 93.6 Å². The highest BCUT2D eigenvalue weighted by molar-refractivity contribution is 7.98. The Morgan fingerprint density at radius 1 is 1.26 bits per heavy atom. The highest BCUT2D eigenvalue weighted by Crippen LogP contribution is 2.23. The standard InChI is InChI=1S/C12H11N5OS/c1-19-8-4-2-7(3-5-8)11-14-12(18-17-11)9-6-10(13)16-15-9/h2-6H,1H3,(H3,13,15,16). The lowest BCUT2D eigenvalue weighted by molar-refractivity contribution is 0.431. The van der Waals surface area contributed by atoms with Gasteiger partial charge in [0, 0.05) is 16.5 Å². The largest absolute Gasteiger partial charge is 0.382 e. The quantitative estimate of drug-likeness (QED) is 0.712. The molecule has 0 aliphatic rings. The summed E-state index contributed by atoms with van der Waals surface area (Å²) in [4.78, 5) is 5.50. The Morgan fingerprint density at radius 2 is 2.05 bits per heavy atom. The Labute approximate surface area is 113 Å². The van der Waals surface area contributed by atoms with Gasteiger partial charge in [-0.2, -0.15) is 10.1 Å². The first-order valence-electron chi connectivity index (χ1n) is 5.55. The fourth-order valence-corrected chi connectivity index (χ4v) is 2.05. The summed E-state index contributed by atoms with van der Waals surface area (Å²) in [6.45, 7) is 0. The van der Waals surface area contributed by atoms with Gasteiger partial charge in [-0.15, -0.1) is 11.8 Å². The number of hydrogen-bond acceptors (Lipinski definition) is 6. The molecule has 0 spiro atoms. The highest BCUT2D eigenvalue weighted by Gasteiger charge is 2.12. The van der Waals surface area contributed by atoms with Crippen LogP contribution in [-0.4, -0.2) is 26.6 Å². The van der Waals surface area contributed by atoms with Crippen molar-refractivity contribution in [3.8, 4) is 23.0 Å². The maximum absolute atomic E-state index is 5.53. The molecule has 0 aliphatic carbocycles. The third-order valence-corrected chi connectivity index (χ3v) is 3.35. The van der Waals surface area contributed by atoms with Crippen LogP contribution in [0.25, 0.3) is 23.0 Å². The lowest BCUT2D eigenvalue weighted by atomic mass is 10.2. The van der Waals surface area contributed by atoms with Crippen LogP contribution < -0.4 is 5.73 Å². The lowest BCUT2D eigenvalue weighted by Gasteiger charge is -1.96. The molecule has 7 heteroatoms. The van der Waals surface area contributed by atoms with E-state index in [1.165, 1.54) is 4.90 Å². The third-order valence-electron chi connectivity index (χ3n) is 2.60. The minimum absolute atomic E-state index is 0.369. The molecule has 0 fully saturated rings. The summed E-state index contributed by atoms with van der Waals surface area (Å²) < 4.78 is 5.18. The van der Waals surface area contributed by atoms with Crippen molar-refractivity contribution in [3.63, 3.8) is 0 Å². The Morgan fingerprint density at radius 3 is 2.68 bits per heavy atom. The molecule has 0 saturated heterocycles. The van der Waals surface area contributed by atoms with Crippen LogP contribution in [0.2, 0.25) is 0 Å². The summed E-state index contributed by atoms with van der Waals surface area (Å²) >= 11 is 1.69. The molecular weight excluding hydrogens is 262 g/mol. The second kappa shape index (κ2) is 4.77. The molecule has 3 rings (SSSR count). The summed E-state index contributed by atoms with van der Waals surface area (Å²) in [6, 6.07) is 9.60. The van der Waals surface area contributed by atoms with E-state index in [1.807, 2.05) is 30.5 Å². The van der Waals surface area contributed by atoms with Crippen LogP contribution in [0, 0.1) is 0 Å². The van der Waals surface area contributed by atoms with E-state index >= 15 is 0 Å². The number of rotatable bonds is 3. The van der Waals surface area contributed by atoms with Gasteiger partial charge in [-0.1, -0.05) is 5.16 Å². The second-order valence-corrected chi connectivity index (χ2v) is 4.74. The number of nitrogens with two attached hydrogens (primary N) is 1. The predicted molar refractivity (Wildman–Crippen MR) is 73.5 cm³/mol. The van der Waals surface area contributed by atoms with Crippen LogP contribution in [0.5, 0.6) is 0 Å². The zero-order valence-corrected chi connectivity index (χ0v) is 10.9. The van der Waals surface area contributed by atoms with Crippen molar-refractivity contribution in [1.82, 2.24) is 20.3 Å². The predicted octanol–water partition coefficient (Wildman–Crippen LogP) is 2.43. The minimum Gasteiger partial charge on any atom is -0.382 e. The molecule has 3 aromatic rings. The van der Waals surface area contributed by atoms with E-state index in [2.05, 4.69) is 20.3 Å². The molecule has 96 valence electrons. The van der Waals surface area contributed by atoms with Gasteiger partial charge in [-0.25, -0.2) is 0 Å². The Kier molecular flexibility index (Phi) is 2.96. The van der Waals surface area contributed by atoms with Crippen LogP contribution in [0.1, 0.15) is 0 Å². The number of nitrogens with one attached hydrogen (secondary N) is 1. The first-order valence-corrected chi connectivity index (χ1v) is 6.78. The van der Waals surface area contributed by atoms with Crippen molar-refractivity contribution >= 4 is 17.6 Å². The lowest BCUT2D eigenvalue weighted by Crippen LogP contribution is -1.81. The van der Waals surface area contributed by atoms with E-state index in [0.717, 1.165) is 5.56 Å². The van der Waals surface area contributed by atoms with Crippen LogP contribution in [0.4, 0.5) is 5.82 Å². The normalized spacial score (nSPS) is 10.8. The Bertz CT molecular complexity index is 688. The molecule has 2 aromatic heterocycles. The number of thioether (sulfide) groups is 1. The van der Waals surface area contributed by atoms with Crippen LogP contribution in [-0.2, 0) is 0 Å². The SMILES string of the molecule is CSc1ccc(-c2noc(-c3cc(N)n[nH]3)n2)cc1.